The molecule has 3 rings (SSSR count). The summed E-state index contributed by atoms with van der Waals surface area (Å²) in [5.74, 6) is 0.543. The lowest BCUT2D eigenvalue weighted by Crippen LogP contribution is -2.50. The molecule has 0 radical (unpaired) electrons. The number of alkyl halides is 3. The number of halogens is 5. The van der Waals surface area contributed by atoms with Gasteiger partial charge >= 0.3 is 12.3 Å². The summed E-state index contributed by atoms with van der Waals surface area (Å²) in [4.78, 5) is 15.3. The van der Waals surface area contributed by atoms with Crippen LogP contribution in [0.5, 0.6) is 0 Å². The second-order valence-electron chi connectivity index (χ2n) is 4.97. The van der Waals surface area contributed by atoms with Gasteiger partial charge in [-0.25, -0.2) is 13.6 Å². The molecule has 2 aromatic rings. The fraction of sp³-hybridized carbons (Fsp3) is 0.125. The second-order valence-corrected chi connectivity index (χ2v) is 4.97. The van der Waals surface area contributed by atoms with Crippen molar-refractivity contribution in [1.29, 1.82) is 0 Å². The molecule has 0 spiro atoms. The van der Waals surface area contributed by atoms with Crippen molar-refractivity contribution in [3.63, 3.8) is 0 Å². The normalized spacial score (nSPS) is 19.2. The molecule has 1 atom stereocenters. The Morgan fingerprint density at radius 1 is 1.20 bits per heavy atom. The van der Waals surface area contributed by atoms with Crippen molar-refractivity contribution < 1.29 is 31.5 Å². The number of carbonyl (C=O) groups is 1. The Morgan fingerprint density at radius 3 is 2.60 bits per heavy atom. The largest absolute Gasteiger partial charge is 0.445 e. The molecule has 2 heterocycles. The van der Waals surface area contributed by atoms with Crippen LogP contribution in [-0.4, -0.2) is 17.3 Å². The van der Waals surface area contributed by atoms with Crippen molar-refractivity contribution in [3.05, 3.63) is 59.4 Å². The summed E-state index contributed by atoms with van der Waals surface area (Å²) in [6.07, 6.45) is -4.28. The van der Waals surface area contributed by atoms with Crippen LogP contribution >= 0.6 is 0 Å². The van der Waals surface area contributed by atoms with Crippen LogP contribution in [-0.2, 0) is 10.3 Å². The number of hydrogen-bond donors (Lipinski definition) is 1. The van der Waals surface area contributed by atoms with Crippen LogP contribution in [0.25, 0.3) is 0 Å². The van der Waals surface area contributed by atoms with E-state index in [0.717, 1.165) is 6.07 Å². The molecule has 0 fully saturated rings. The first kappa shape index (κ1) is 16.7. The Balaban J connectivity index is 2.30. The third-order valence-electron chi connectivity index (χ3n) is 3.37. The quantitative estimate of drug-likeness (QED) is 0.579. The minimum atomic E-state index is -5.33. The van der Waals surface area contributed by atoms with Gasteiger partial charge in [0.2, 0.25) is 0 Å². The molecule has 0 bridgehead atoms. The Labute approximate surface area is 137 Å². The molecule has 128 valence electrons. The fourth-order valence-electron chi connectivity index (χ4n) is 2.28. The van der Waals surface area contributed by atoms with Gasteiger partial charge in [0.15, 0.2) is 11.6 Å². The molecule has 0 saturated carbocycles. The van der Waals surface area contributed by atoms with Crippen molar-refractivity contribution in [3.8, 4) is 11.8 Å². The number of cyclic esters (lactones) is 1. The Kier molecular flexibility index (Phi) is 3.83. The summed E-state index contributed by atoms with van der Waals surface area (Å²) in [6, 6.07) is 4.18. The molecule has 1 aliphatic heterocycles. The lowest BCUT2D eigenvalue weighted by atomic mass is 9.89. The van der Waals surface area contributed by atoms with Crippen LogP contribution in [0.4, 0.5) is 32.4 Å². The monoisotopic (exact) mass is 354 g/mol. The standard InChI is InChI=1S/C16H7F5N2O2/c17-10-3-4-11-12(13(10)18)15(16(19,20)21,25-14(24)23-11)6-5-9-2-1-7-22-8-9/h1-4,7-8H,(H,23,24). The number of fused-ring (bicyclic) bond motifs is 1. The number of aromatic nitrogens is 1. The molecule has 1 aliphatic rings. The first-order valence-electron chi connectivity index (χ1n) is 6.73. The van der Waals surface area contributed by atoms with E-state index in [1.54, 1.807) is 5.92 Å². The van der Waals surface area contributed by atoms with E-state index in [0.29, 0.717) is 6.07 Å². The number of nitrogens with one attached hydrogen (secondary N) is 1. The summed E-state index contributed by atoms with van der Waals surface area (Å²) < 4.78 is 73.3. The van der Waals surface area contributed by atoms with Crippen LogP contribution in [0.2, 0.25) is 0 Å². The van der Waals surface area contributed by atoms with Crippen LogP contribution in [0.1, 0.15) is 11.1 Å². The van der Waals surface area contributed by atoms with Crippen molar-refractivity contribution >= 4 is 11.8 Å². The smallest absolute Gasteiger partial charge is 0.415 e. The van der Waals surface area contributed by atoms with Crippen molar-refractivity contribution in [1.82, 2.24) is 4.98 Å². The number of amides is 1. The molecule has 25 heavy (non-hydrogen) atoms. The third kappa shape index (κ3) is 2.76. The molecule has 1 N–H and O–H groups in total. The molecule has 1 aromatic carbocycles. The van der Waals surface area contributed by atoms with E-state index in [2.05, 4.69) is 15.6 Å². The van der Waals surface area contributed by atoms with Crippen molar-refractivity contribution in [2.24, 2.45) is 0 Å². The topological polar surface area (TPSA) is 51.2 Å². The number of carbonyl (C=O) groups excluding carboxylic acids is 1. The number of hydrogen-bond acceptors (Lipinski definition) is 3. The summed E-state index contributed by atoms with van der Waals surface area (Å²) in [6.45, 7) is 0. The highest BCUT2D eigenvalue weighted by molar-refractivity contribution is 5.89. The molecular formula is C16H7F5N2O2. The van der Waals surface area contributed by atoms with Crippen molar-refractivity contribution in [2.75, 3.05) is 5.32 Å². The zero-order valence-electron chi connectivity index (χ0n) is 12.1. The first-order valence-corrected chi connectivity index (χ1v) is 6.73. The van der Waals surface area contributed by atoms with E-state index in [1.165, 1.54) is 24.5 Å². The van der Waals surface area contributed by atoms with E-state index < -0.39 is 40.8 Å². The summed E-state index contributed by atoms with van der Waals surface area (Å²) in [5.41, 5.74) is -5.41. The van der Waals surface area contributed by atoms with Crippen LogP contribution in [0.15, 0.2) is 36.7 Å². The maximum absolute atomic E-state index is 14.2. The average molecular weight is 354 g/mol. The van der Waals surface area contributed by atoms with E-state index in [-0.39, 0.29) is 5.56 Å². The van der Waals surface area contributed by atoms with E-state index >= 15 is 0 Å². The van der Waals surface area contributed by atoms with Gasteiger partial charge in [0.25, 0.3) is 5.60 Å². The zero-order valence-corrected chi connectivity index (χ0v) is 12.1. The molecule has 0 aliphatic carbocycles. The number of anilines is 1. The minimum absolute atomic E-state index is 0.0686. The van der Waals surface area contributed by atoms with Crippen LogP contribution in [0.3, 0.4) is 0 Å². The van der Waals surface area contributed by atoms with Crippen molar-refractivity contribution in [2.45, 2.75) is 11.8 Å². The third-order valence-corrected chi connectivity index (χ3v) is 3.37. The molecule has 0 saturated heterocycles. The maximum atomic E-state index is 14.2. The number of pyridine rings is 1. The Bertz CT molecular complexity index is 902. The maximum Gasteiger partial charge on any atom is 0.445 e. The SMILES string of the molecule is O=C1Nc2ccc(F)c(F)c2C(C#Cc2cccnc2)(C(F)(F)F)O1. The van der Waals surface area contributed by atoms with Gasteiger partial charge in [-0.1, -0.05) is 5.92 Å². The summed E-state index contributed by atoms with van der Waals surface area (Å²) >= 11 is 0. The first-order chi connectivity index (χ1) is 11.7. The van der Waals surface area contributed by atoms with Gasteiger partial charge in [0.1, 0.15) is 0 Å². The van der Waals surface area contributed by atoms with E-state index in [1.807, 2.05) is 5.32 Å². The fourth-order valence-corrected chi connectivity index (χ4v) is 2.28. The minimum Gasteiger partial charge on any atom is -0.415 e. The van der Waals surface area contributed by atoms with E-state index in [4.69, 9.17) is 0 Å². The van der Waals surface area contributed by atoms with Gasteiger partial charge in [0, 0.05) is 18.0 Å². The van der Waals surface area contributed by atoms with Gasteiger partial charge < -0.3 is 4.74 Å². The number of ether oxygens (including phenoxy) is 1. The highest BCUT2D eigenvalue weighted by Crippen LogP contribution is 2.48. The van der Waals surface area contributed by atoms with Gasteiger partial charge in [-0.15, -0.1) is 0 Å². The van der Waals surface area contributed by atoms with Crippen LogP contribution < -0.4 is 5.32 Å². The summed E-state index contributed by atoms with van der Waals surface area (Å²) in [5, 5.41) is 1.91. The zero-order chi connectivity index (χ0) is 18.2. The molecule has 1 amide bonds. The predicted molar refractivity (Wildman–Crippen MR) is 75.3 cm³/mol. The number of nitrogens with zero attached hydrogens (tertiary/aromatic N) is 1. The highest BCUT2D eigenvalue weighted by atomic mass is 19.4. The summed E-state index contributed by atoms with van der Waals surface area (Å²) in [7, 11) is 0. The lowest BCUT2D eigenvalue weighted by Gasteiger charge is -2.35. The number of rotatable bonds is 0. The molecule has 4 nitrogen and oxygen atoms in total. The van der Waals surface area contributed by atoms with Gasteiger partial charge in [-0.3, -0.25) is 10.3 Å². The lowest BCUT2D eigenvalue weighted by molar-refractivity contribution is -0.240. The van der Waals surface area contributed by atoms with Gasteiger partial charge in [-0.2, -0.15) is 13.2 Å². The van der Waals surface area contributed by atoms with E-state index in [9.17, 15) is 26.7 Å². The molecule has 1 aromatic heterocycles. The Morgan fingerprint density at radius 2 is 1.96 bits per heavy atom. The Hall–Kier alpha value is -3.15. The second kappa shape index (κ2) is 5.73. The van der Waals surface area contributed by atoms with Gasteiger partial charge in [0.05, 0.1) is 11.3 Å². The van der Waals surface area contributed by atoms with Gasteiger partial charge in [-0.05, 0) is 30.2 Å². The molecule has 1 unspecified atom stereocenters. The molecule has 9 heteroatoms. The highest BCUT2D eigenvalue weighted by Gasteiger charge is 2.63. The average Bonchev–Trinajstić information content (AvgIpc) is 2.56. The molecular weight excluding hydrogens is 347 g/mol. The van der Waals surface area contributed by atoms with Crippen LogP contribution in [0, 0.1) is 23.5 Å². The predicted octanol–water partition coefficient (Wildman–Crippen LogP) is 3.73. The number of benzene rings is 1.